The van der Waals surface area contributed by atoms with Crippen LogP contribution in [0.5, 0.6) is 5.75 Å². The standard InChI is InChI=1S/C22H22Cl2N4O2S/c1-4-10-28-20(12-30-19-7-5-6-14(2)15(19)3)26-27-22(28)31-13-21(29)25-16-8-9-17(23)18(24)11-16/h4-9,11H,1,10,12-13H2,2-3H3,(H,25,29). The van der Waals surface area contributed by atoms with Gasteiger partial charge in [-0.1, -0.05) is 53.2 Å². The largest absolute Gasteiger partial charge is 0.485 e. The summed E-state index contributed by atoms with van der Waals surface area (Å²) < 4.78 is 7.84. The number of hydrogen-bond donors (Lipinski definition) is 1. The van der Waals surface area contributed by atoms with E-state index in [2.05, 4.69) is 22.1 Å². The smallest absolute Gasteiger partial charge is 0.234 e. The van der Waals surface area contributed by atoms with Gasteiger partial charge >= 0.3 is 0 Å². The SMILES string of the molecule is C=CCn1c(COc2cccc(C)c2C)nnc1SCC(=O)Nc1ccc(Cl)c(Cl)c1. The van der Waals surface area contributed by atoms with Crippen LogP contribution in [0.4, 0.5) is 5.69 Å². The number of rotatable bonds is 9. The molecular formula is C22H22Cl2N4O2S. The van der Waals surface area contributed by atoms with E-state index in [0.29, 0.717) is 33.3 Å². The van der Waals surface area contributed by atoms with Crippen LogP contribution in [0.2, 0.25) is 10.0 Å². The summed E-state index contributed by atoms with van der Waals surface area (Å²) in [5.74, 6) is 1.44. The fourth-order valence-electron chi connectivity index (χ4n) is 2.77. The number of aromatic nitrogens is 3. The monoisotopic (exact) mass is 476 g/mol. The molecule has 0 fully saturated rings. The molecule has 3 aromatic rings. The lowest BCUT2D eigenvalue weighted by Crippen LogP contribution is -2.15. The molecule has 0 aliphatic rings. The number of thioether (sulfide) groups is 1. The summed E-state index contributed by atoms with van der Waals surface area (Å²) in [5.41, 5.74) is 2.83. The minimum absolute atomic E-state index is 0.160. The molecule has 0 aliphatic heterocycles. The van der Waals surface area contributed by atoms with Crippen molar-refractivity contribution in [3.8, 4) is 5.75 Å². The number of aryl methyl sites for hydroxylation is 1. The molecule has 1 N–H and O–H groups in total. The highest BCUT2D eigenvalue weighted by Crippen LogP contribution is 2.26. The van der Waals surface area contributed by atoms with Gasteiger partial charge in [0, 0.05) is 12.2 Å². The quantitative estimate of drug-likeness (QED) is 0.316. The number of halogens is 2. The first-order valence-corrected chi connectivity index (χ1v) is 11.2. The average Bonchev–Trinajstić information content (AvgIpc) is 3.12. The van der Waals surface area contributed by atoms with Crippen LogP contribution in [0.3, 0.4) is 0 Å². The lowest BCUT2D eigenvalue weighted by molar-refractivity contribution is -0.113. The van der Waals surface area contributed by atoms with Gasteiger partial charge in [-0.15, -0.1) is 16.8 Å². The molecule has 0 radical (unpaired) electrons. The van der Waals surface area contributed by atoms with E-state index >= 15 is 0 Å². The van der Waals surface area contributed by atoms with Crippen molar-refractivity contribution >= 4 is 46.6 Å². The molecule has 0 aliphatic carbocycles. The summed E-state index contributed by atoms with van der Waals surface area (Å²) in [7, 11) is 0. The van der Waals surface area contributed by atoms with E-state index in [9.17, 15) is 4.79 Å². The van der Waals surface area contributed by atoms with Crippen LogP contribution < -0.4 is 10.1 Å². The lowest BCUT2D eigenvalue weighted by atomic mass is 10.1. The van der Waals surface area contributed by atoms with Gasteiger partial charge < -0.3 is 10.1 Å². The highest BCUT2D eigenvalue weighted by atomic mass is 35.5. The van der Waals surface area contributed by atoms with E-state index in [1.807, 2.05) is 36.6 Å². The van der Waals surface area contributed by atoms with E-state index in [-0.39, 0.29) is 18.3 Å². The molecule has 0 spiro atoms. The van der Waals surface area contributed by atoms with Crippen molar-refractivity contribution in [1.29, 1.82) is 0 Å². The van der Waals surface area contributed by atoms with E-state index in [1.54, 1.807) is 24.3 Å². The maximum Gasteiger partial charge on any atom is 0.234 e. The molecule has 0 saturated carbocycles. The molecular weight excluding hydrogens is 455 g/mol. The summed E-state index contributed by atoms with van der Waals surface area (Å²) in [6.07, 6.45) is 1.75. The number of hydrogen-bond acceptors (Lipinski definition) is 5. The first-order valence-electron chi connectivity index (χ1n) is 9.48. The van der Waals surface area contributed by atoms with E-state index in [1.165, 1.54) is 11.8 Å². The van der Waals surface area contributed by atoms with Crippen molar-refractivity contribution in [2.24, 2.45) is 0 Å². The zero-order valence-electron chi connectivity index (χ0n) is 17.2. The number of benzene rings is 2. The second-order valence-electron chi connectivity index (χ2n) is 6.75. The van der Waals surface area contributed by atoms with E-state index in [4.69, 9.17) is 27.9 Å². The number of anilines is 1. The van der Waals surface area contributed by atoms with Crippen molar-refractivity contribution in [2.75, 3.05) is 11.1 Å². The number of nitrogens with one attached hydrogen (secondary N) is 1. The predicted molar refractivity (Wildman–Crippen MR) is 126 cm³/mol. The number of allylic oxidation sites excluding steroid dienone is 1. The Morgan fingerprint density at radius 2 is 2.03 bits per heavy atom. The second kappa shape index (κ2) is 10.7. The van der Waals surface area contributed by atoms with Crippen molar-refractivity contribution in [3.63, 3.8) is 0 Å². The predicted octanol–water partition coefficient (Wildman–Crippen LogP) is 5.70. The zero-order valence-corrected chi connectivity index (χ0v) is 19.5. The first kappa shape index (κ1) is 23.2. The number of carbonyl (C=O) groups is 1. The van der Waals surface area contributed by atoms with Crippen LogP contribution in [0.1, 0.15) is 17.0 Å². The highest BCUT2D eigenvalue weighted by Gasteiger charge is 2.15. The molecule has 0 atom stereocenters. The Hall–Kier alpha value is -2.48. The Balaban J connectivity index is 1.64. The van der Waals surface area contributed by atoms with Crippen molar-refractivity contribution in [1.82, 2.24) is 14.8 Å². The molecule has 1 heterocycles. The number of ether oxygens (including phenoxy) is 1. The van der Waals surface area contributed by atoms with Crippen molar-refractivity contribution in [3.05, 3.63) is 76.0 Å². The highest BCUT2D eigenvalue weighted by molar-refractivity contribution is 7.99. The molecule has 2 aromatic carbocycles. The normalized spacial score (nSPS) is 10.7. The summed E-state index contributed by atoms with van der Waals surface area (Å²) in [5, 5.41) is 12.7. The number of amides is 1. The van der Waals surface area contributed by atoms with Gasteiger partial charge in [-0.2, -0.15) is 0 Å². The third-order valence-corrected chi connectivity index (χ3v) is 6.26. The fourth-order valence-corrected chi connectivity index (χ4v) is 3.83. The summed E-state index contributed by atoms with van der Waals surface area (Å²) in [6.45, 7) is 8.64. The van der Waals surface area contributed by atoms with Gasteiger partial charge in [0.25, 0.3) is 0 Å². The van der Waals surface area contributed by atoms with Gasteiger partial charge in [0.2, 0.25) is 5.91 Å². The van der Waals surface area contributed by atoms with Crippen LogP contribution in [-0.2, 0) is 17.9 Å². The van der Waals surface area contributed by atoms with Crippen LogP contribution in [0.25, 0.3) is 0 Å². The Kier molecular flexibility index (Phi) is 8.01. The van der Waals surface area contributed by atoms with Gasteiger partial charge in [0.05, 0.1) is 15.8 Å². The van der Waals surface area contributed by atoms with Gasteiger partial charge in [0.1, 0.15) is 12.4 Å². The molecule has 3 rings (SSSR count). The molecule has 6 nitrogen and oxygen atoms in total. The molecule has 1 aromatic heterocycles. The molecule has 0 unspecified atom stereocenters. The summed E-state index contributed by atoms with van der Waals surface area (Å²) in [6, 6.07) is 10.9. The van der Waals surface area contributed by atoms with Gasteiger partial charge in [-0.05, 0) is 49.2 Å². The Morgan fingerprint density at radius 1 is 1.23 bits per heavy atom. The van der Waals surface area contributed by atoms with Crippen molar-refractivity contribution < 1.29 is 9.53 Å². The number of nitrogens with zero attached hydrogens (tertiary/aromatic N) is 3. The van der Waals surface area contributed by atoms with Crippen LogP contribution in [-0.4, -0.2) is 26.4 Å². The van der Waals surface area contributed by atoms with Crippen LogP contribution in [0, 0.1) is 13.8 Å². The topological polar surface area (TPSA) is 69.0 Å². The van der Waals surface area contributed by atoms with Gasteiger partial charge in [0.15, 0.2) is 11.0 Å². The lowest BCUT2D eigenvalue weighted by Gasteiger charge is -2.12. The molecule has 1 amide bonds. The Morgan fingerprint density at radius 3 is 2.77 bits per heavy atom. The third-order valence-electron chi connectivity index (χ3n) is 4.55. The second-order valence-corrected chi connectivity index (χ2v) is 8.51. The fraction of sp³-hybridized carbons (Fsp3) is 0.227. The Labute approximate surface area is 195 Å². The number of carbonyl (C=O) groups excluding carboxylic acids is 1. The van der Waals surface area contributed by atoms with Crippen LogP contribution in [0.15, 0.2) is 54.2 Å². The van der Waals surface area contributed by atoms with Gasteiger partial charge in [-0.25, -0.2) is 0 Å². The first-order chi connectivity index (χ1) is 14.9. The summed E-state index contributed by atoms with van der Waals surface area (Å²) >= 11 is 13.2. The Bertz CT molecular complexity index is 1100. The molecule has 0 bridgehead atoms. The van der Waals surface area contributed by atoms with Crippen molar-refractivity contribution in [2.45, 2.75) is 32.2 Å². The maximum atomic E-state index is 12.3. The van der Waals surface area contributed by atoms with Gasteiger partial charge in [-0.3, -0.25) is 9.36 Å². The minimum Gasteiger partial charge on any atom is -0.485 e. The molecule has 9 heteroatoms. The summed E-state index contributed by atoms with van der Waals surface area (Å²) in [4.78, 5) is 12.3. The minimum atomic E-state index is -0.190. The molecule has 31 heavy (non-hydrogen) atoms. The van der Waals surface area contributed by atoms with E-state index in [0.717, 1.165) is 16.9 Å². The van der Waals surface area contributed by atoms with Crippen LogP contribution >= 0.6 is 35.0 Å². The molecule has 0 saturated heterocycles. The average molecular weight is 477 g/mol. The zero-order chi connectivity index (χ0) is 22.4. The van der Waals surface area contributed by atoms with E-state index < -0.39 is 0 Å². The third kappa shape index (κ3) is 6.03. The molecule has 162 valence electrons. The maximum absolute atomic E-state index is 12.3.